The zero-order valence-corrected chi connectivity index (χ0v) is 11.1. The molecule has 1 aliphatic heterocycles. The topological polar surface area (TPSA) is 88.3 Å². The summed E-state index contributed by atoms with van der Waals surface area (Å²) in [5.74, 6) is 0.0687. The molecule has 1 atom stereocenters. The number of amides is 2. The molecule has 0 radical (unpaired) electrons. The average Bonchev–Trinajstić information content (AvgIpc) is 2.37. The number of piperazine rings is 1. The Morgan fingerprint density at radius 2 is 2.21 bits per heavy atom. The zero-order valence-electron chi connectivity index (χ0n) is 11.1. The Hall–Kier alpha value is -1.95. The van der Waals surface area contributed by atoms with Crippen LogP contribution in [0.15, 0.2) is 12.1 Å². The van der Waals surface area contributed by atoms with Crippen LogP contribution in [-0.2, 0) is 16.1 Å². The minimum Gasteiger partial charge on any atom is -0.335 e. The maximum atomic E-state index is 11.8. The number of pyridine rings is 1. The first-order valence-electron chi connectivity index (χ1n) is 6.33. The minimum absolute atomic E-state index is 0.144. The van der Waals surface area contributed by atoms with Crippen molar-refractivity contribution in [3.63, 3.8) is 0 Å². The number of aromatic nitrogens is 1. The molecule has 19 heavy (non-hydrogen) atoms. The molecule has 6 heteroatoms. The molecule has 3 N–H and O–H groups in total. The van der Waals surface area contributed by atoms with Crippen molar-refractivity contribution in [1.29, 1.82) is 0 Å². The van der Waals surface area contributed by atoms with E-state index in [4.69, 9.17) is 5.73 Å². The summed E-state index contributed by atoms with van der Waals surface area (Å²) >= 11 is 0. The zero-order chi connectivity index (χ0) is 14.0. The molecule has 1 aromatic heterocycles. The number of imide groups is 1. The van der Waals surface area contributed by atoms with Crippen LogP contribution in [0.4, 0.5) is 5.82 Å². The Morgan fingerprint density at radius 1 is 1.47 bits per heavy atom. The van der Waals surface area contributed by atoms with Crippen LogP contribution in [0.25, 0.3) is 0 Å². The first-order valence-corrected chi connectivity index (χ1v) is 6.33. The van der Waals surface area contributed by atoms with Crippen LogP contribution in [0.1, 0.15) is 24.6 Å². The quantitative estimate of drug-likeness (QED) is 0.754. The van der Waals surface area contributed by atoms with E-state index in [9.17, 15) is 9.59 Å². The molecule has 0 aromatic carbocycles. The van der Waals surface area contributed by atoms with Crippen molar-refractivity contribution in [3.05, 3.63) is 23.4 Å². The second-order valence-corrected chi connectivity index (χ2v) is 4.64. The third-order valence-electron chi connectivity index (χ3n) is 3.17. The molecule has 2 heterocycles. The van der Waals surface area contributed by atoms with E-state index in [2.05, 4.69) is 10.3 Å². The number of aryl methyl sites for hydroxylation is 1. The van der Waals surface area contributed by atoms with Gasteiger partial charge in [0, 0.05) is 12.2 Å². The molecule has 0 saturated carbocycles. The Kier molecular flexibility index (Phi) is 3.80. The number of nitrogens with zero attached hydrogens (tertiary/aromatic N) is 2. The van der Waals surface area contributed by atoms with Crippen molar-refractivity contribution < 1.29 is 9.59 Å². The lowest BCUT2D eigenvalue weighted by atomic mass is 10.1. The molecule has 6 nitrogen and oxygen atoms in total. The van der Waals surface area contributed by atoms with Gasteiger partial charge in [-0.1, -0.05) is 6.92 Å². The molecule has 0 spiro atoms. The van der Waals surface area contributed by atoms with Gasteiger partial charge in [0.05, 0.1) is 6.54 Å². The lowest BCUT2D eigenvalue weighted by molar-refractivity contribution is -0.132. The minimum atomic E-state index is -0.363. The van der Waals surface area contributed by atoms with Gasteiger partial charge in [0.2, 0.25) is 11.8 Å². The summed E-state index contributed by atoms with van der Waals surface area (Å²) in [5.41, 5.74) is 7.41. The Balaban J connectivity index is 2.39. The van der Waals surface area contributed by atoms with E-state index >= 15 is 0 Å². The maximum absolute atomic E-state index is 11.8. The second kappa shape index (κ2) is 5.36. The molecule has 2 amide bonds. The van der Waals surface area contributed by atoms with E-state index in [1.54, 1.807) is 4.90 Å². The fourth-order valence-electron chi connectivity index (χ4n) is 2.30. The van der Waals surface area contributed by atoms with Crippen LogP contribution in [0.2, 0.25) is 0 Å². The standard InChI is InChI=1S/C13H18N4O2/c1-3-10-13(19)16-12(18)7-17(10)11-5-9(6-14)4-8(2)15-11/h4-5,10H,3,6-7,14H2,1-2H3,(H,16,18,19). The van der Waals surface area contributed by atoms with Gasteiger partial charge in [0.25, 0.3) is 0 Å². The molecular formula is C13H18N4O2. The summed E-state index contributed by atoms with van der Waals surface area (Å²) in [5, 5.41) is 2.35. The molecule has 1 unspecified atom stereocenters. The molecule has 102 valence electrons. The van der Waals surface area contributed by atoms with Gasteiger partial charge in [-0.15, -0.1) is 0 Å². The van der Waals surface area contributed by atoms with Crippen molar-refractivity contribution in [2.45, 2.75) is 32.9 Å². The van der Waals surface area contributed by atoms with Crippen LogP contribution in [-0.4, -0.2) is 29.4 Å². The highest BCUT2D eigenvalue weighted by Crippen LogP contribution is 2.20. The van der Waals surface area contributed by atoms with Gasteiger partial charge < -0.3 is 10.6 Å². The lowest BCUT2D eigenvalue weighted by Gasteiger charge is -2.34. The van der Waals surface area contributed by atoms with Crippen LogP contribution in [0.5, 0.6) is 0 Å². The summed E-state index contributed by atoms with van der Waals surface area (Å²) in [6.45, 7) is 4.33. The number of carbonyl (C=O) groups excluding carboxylic acids is 2. The van der Waals surface area contributed by atoms with Gasteiger partial charge in [-0.25, -0.2) is 4.98 Å². The molecule has 1 saturated heterocycles. The Labute approximate surface area is 112 Å². The van der Waals surface area contributed by atoms with Crippen molar-refractivity contribution in [2.24, 2.45) is 5.73 Å². The number of rotatable bonds is 3. The van der Waals surface area contributed by atoms with Crippen LogP contribution in [0, 0.1) is 6.92 Å². The summed E-state index contributed by atoms with van der Waals surface area (Å²) < 4.78 is 0. The predicted octanol–water partition coefficient (Wildman–Crippen LogP) is 0.0901. The average molecular weight is 262 g/mol. The van der Waals surface area contributed by atoms with Crippen molar-refractivity contribution >= 4 is 17.6 Å². The van der Waals surface area contributed by atoms with E-state index in [0.717, 1.165) is 11.3 Å². The molecule has 2 rings (SSSR count). The van der Waals surface area contributed by atoms with Gasteiger partial charge in [-0.05, 0) is 31.0 Å². The molecule has 1 aliphatic rings. The Bertz CT molecular complexity index is 515. The maximum Gasteiger partial charge on any atom is 0.249 e. The monoisotopic (exact) mass is 262 g/mol. The van der Waals surface area contributed by atoms with Gasteiger partial charge >= 0.3 is 0 Å². The van der Waals surface area contributed by atoms with Crippen LogP contribution < -0.4 is 16.0 Å². The van der Waals surface area contributed by atoms with Gasteiger partial charge in [0.15, 0.2) is 0 Å². The number of nitrogens with one attached hydrogen (secondary N) is 1. The third-order valence-corrected chi connectivity index (χ3v) is 3.17. The normalized spacial score (nSPS) is 19.5. The molecule has 0 aliphatic carbocycles. The van der Waals surface area contributed by atoms with Gasteiger partial charge in [-0.2, -0.15) is 0 Å². The van der Waals surface area contributed by atoms with Crippen molar-refractivity contribution in [1.82, 2.24) is 10.3 Å². The van der Waals surface area contributed by atoms with E-state index < -0.39 is 0 Å². The summed E-state index contributed by atoms with van der Waals surface area (Å²) in [6, 6.07) is 3.37. The molecule has 0 bridgehead atoms. The highest BCUT2D eigenvalue weighted by Gasteiger charge is 2.33. The smallest absolute Gasteiger partial charge is 0.249 e. The number of hydrogen-bond donors (Lipinski definition) is 2. The highest BCUT2D eigenvalue weighted by atomic mass is 16.2. The number of carbonyl (C=O) groups is 2. The molecule has 1 fully saturated rings. The Morgan fingerprint density at radius 3 is 2.84 bits per heavy atom. The van der Waals surface area contributed by atoms with Crippen molar-refractivity contribution in [3.8, 4) is 0 Å². The largest absolute Gasteiger partial charge is 0.335 e. The number of nitrogens with two attached hydrogens (primary N) is 1. The van der Waals surface area contributed by atoms with Crippen LogP contribution >= 0.6 is 0 Å². The summed E-state index contributed by atoms with van der Waals surface area (Å²) in [6.07, 6.45) is 0.618. The van der Waals surface area contributed by atoms with E-state index in [1.165, 1.54) is 0 Å². The van der Waals surface area contributed by atoms with E-state index in [-0.39, 0.29) is 24.4 Å². The van der Waals surface area contributed by atoms with E-state index in [1.807, 2.05) is 26.0 Å². The first-order chi connectivity index (χ1) is 9.05. The molecular weight excluding hydrogens is 244 g/mol. The number of hydrogen-bond acceptors (Lipinski definition) is 5. The molecule has 1 aromatic rings. The van der Waals surface area contributed by atoms with E-state index in [0.29, 0.717) is 18.8 Å². The predicted molar refractivity (Wildman–Crippen MR) is 71.4 cm³/mol. The summed E-state index contributed by atoms with van der Waals surface area (Å²) in [7, 11) is 0. The van der Waals surface area contributed by atoms with Gasteiger partial charge in [0.1, 0.15) is 11.9 Å². The SMILES string of the molecule is CCC1C(=O)NC(=O)CN1c1cc(CN)cc(C)n1. The number of anilines is 1. The third kappa shape index (κ3) is 2.73. The van der Waals surface area contributed by atoms with Crippen LogP contribution in [0.3, 0.4) is 0 Å². The second-order valence-electron chi connectivity index (χ2n) is 4.64. The highest BCUT2D eigenvalue weighted by molar-refractivity contribution is 6.04. The van der Waals surface area contributed by atoms with Gasteiger partial charge in [-0.3, -0.25) is 14.9 Å². The summed E-state index contributed by atoms with van der Waals surface area (Å²) in [4.78, 5) is 29.5. The fraction of sp³-hybridized carbons (Fsp3) is 0.462. The lowest BCUT2D eigenvalue weighted by Crippen LogP contribution is -2.58. The van der Waals surface area contributed by atoms with Crippen molar-refractivity contribution in [2.75, 3.05) is 11.4 Å². The fourth-order valence-corrected chi connectivity index (χ4v) is 2.30. The first kappa shape index (κ1) is 13.5.